The highest BCUT2D eigenvalue weighted by molar-refractivity contribution is 5.94. The molecule has 4 aromatic heterocycles. The molecule has 0 aliphatic carbocycles. The van der Waals surface area contributed by atoms with E-state index >= 15 is 0 Å². The maximum Gasteiger partial charge on any atom is 0.418 e. The Bertz CT molecular complexity index is 6140. The van der Waals surface area contributed by atoms with Gasteiger partial charge in [-0.25, -0.2) is 39.9 Å². The lowest BCUT2D eigenvalue weighted by Crippen LogP contribution is -2.36. The number of nitrogens with zero attached hydrogens (tertiary/aromatic N) is 13. The van der Waals surface area contributed by atoms with Crippen LogP contribution in [0, 0.1) is 45.3 Å². The summed E-state index contributed by atoms with van der Waals surface area (Å²) in [7, 11) is 0. The summed E-state index contributed by atoms with van der Waals surface area (Å²) in [5, 5.41) is 73.9. The highest BCUT2D eigenvalue weighted by Crippen LogP contribution is 2.38. The molecule has 33 heteroatoms. The van der Waals surface area contributed by atoms with E-state index < -0.39 is 17.9 Å². The van der Waals surface area contributed by atoms with Gasteiger partial charge in [0, 0.05) is 152 Å². The lowest BCUT2D eigenvalue weighted by atomic mass is 9.98. The smallest absolute Gasteiger partial charge is 0.418 e. The van der Waals surface area contributed by atoms with Crippen molar-refractivity contribution in [2.45, 2.75) is 127 Å². The van der Waals surface area contributed by atoms with Gasteiger partial charge in [-0.05, 0) is 209 Å². The molecule has 5 saturated heterocycles. The van der Waals surface area contributed by atoms with Gasteiger partial charge in [-0.15, -0.1) is 0 Å². The number of hydrogen-bond acceptors (Lipinski definition) is 29. The van der Waals surface area contributed by atoms with Crippen LogP contribution in [0.2, 0.25) is 0 Å². The van der Waals surface area contributed by atoms with Gasteiger partial charge >= 0.3 is 6.18 Å². The Morgan fingerprint density at radius 1 is 0.418 bits per heavy atom. The number of nitrogens with one attached hydrogen (secondary N) is 5. The van der Waals surface area contributed by atoms with E-state index in [1.54, 1.807) is 117 Å². The summed E-state index contributed by atoms with van der Waals surface area (Å²) in [5.74, 6) is 6.20. The second-order valence-corrected chi connectivity index (χ2v) is 32.6. The number of anilines is 9. The maximum absolute atomic E-state index is 12.8. The van der Waals surface area contributed by atoms with Crippen LogP contribution >= 0.6 is 0 Å². The number of amides is 1. The van der Waals surface area contributed by atoms with E-state index in [2.05, 4.69) is 108 Å². The van der Waals surface area contributed by atoms with E-state index in [-0.39, 0.29) is 41.9 Å². The average molecular weight is 1820 g/mol. The van der Waals surface area contributed by atoms with E-state index in [0.29, 0.717) is 161 Å². The van der Waals surface area contributed by atoms with Gasteiger partial charge in [0.25, 0.3) is 5.91 Å². The molecule has 17 rings (SSSR count). The van der Waals surface area contributed by atoms with Crippen LogP contribution in [0.4, 0.5) is 64.9 Å². The van der Waals surface area contributed by atoms with E-state index in [1.165, 1.54) is 30.1 Å². The summed E-state index contributed by atoms with van der Waals surface area (Å²) in [5.41, 5.74) is 8.76. The Morgan fingerprint density at radius 3 is 1.07 bits per heavy atom. The van der Waals surface area contributed by atoms with E-state index in [9.17, 15) is 49.2 Å². The van der Waals surface area contributed by atoms with Crippen molar-refractivity contribution >= 4 is 57.6 Å². The molecular formula is C101H101F3N18O12. The van der Waals surface area contributed by atoms with E-state index in [0.717, 1.165) is 117 Å². The van der Waals surface area contributed by atoms with Crippen molar-refractivity contribution in [3.63, 3.8) is 0 Å². The van der Waals surface area contributed by atoms with Crippen LogP contribution in [-0.2, 0) is 29.3 Å². The lowest BCUT2D eigenvalue weighted by molar-refractivity contribution is -0.206. The zero-order chi connectivity index (χ0) is 93.8. The summed E-state index contributed by atoms with van der Waals surface area (Å²) in [6, 6.07) is 65.6. The van der Waals surface area contributed by atoms with Crippen molar-refractivity contribution in [2.24, 2.45) is 0 Å². The first kappa shape index (κ1) is 95.3. The highest BCUT2D eigenvalue weighted by atomic mass is 19.4. The quantitative estimate of drug-likeness (QED) is 0.0279. The topological polar surface area (TPSA) is 402 Å². The Labute approximate surface area is 774 Å². The van der Waals surface area contributed by atoms with Crippen molar-refractivity contribution in [1.29, 1.82) is 21.0 Å². The molecule has 1 atom stereocenters. The minimum atomic E-state index is -4.76. The molecule has 1 amide bonds. The predicted molar refractivity (Wildman–Crippen MR) is 497 cm³/mol. The van der Waals surface area contributed by atoms with Crippen molar-refractivity contribution < 1.29 is 70.8 Å². The zero-order valence-electron chi connectivity index (χ0n) is 74.3. The average Bonchev–Trinajstić information content (AvgIpc) is 0.825. The fourth-order valence-electron chi connectivity index (χ4n) is 14.8. The first-order chi connectivity index (χ1) is 65.0. The molecule has 1 unspecified atom stereocenters. The third-order valence-corrected chi connectivity index (χ3v) is 21.9. The number of halogens is 3. The maximum atomic E-state index is 12.8. The normalized spacial score (nSPS) is 15.1. The first-order valence-electron chi connectivity index (χ1n) is 44.1. The fraction of sp³-hybridized carbons (Fsp3) is 0.317. The van der Waals surface area contributed by atoms with Crippen molar-refractivity contribution in [3.8, 4) is 92.8 Å². The van der Waals surface area contributed by atoms with Crippen LogP contribution < -0.4 is 50.4 Å². The van der Waals surface area contributed by atoms with Crippen LogP contribution in [0.5, 0.6) is 23.0 Å². The summed E-state index contributed by atoms with van der Waals surface area (Å²) in [6.07, 6.45) is 5.80. The number of ether oxygens (including phenoxy) is 9. The molecule has 0 saturated carbocycles. The standard InChI is InChI=1S/2C26H27N5O3.C25H26N4O3.C24H21F3N4O3/c27-18-20-17-19(1-6-24(20)34-23-8-13-32-14-9-23)26-28-10-7-25(30-26)29-21-2-4-22(5-3-21)31-11-15-33-16-12-31;1-17(2)29-26(32)18-3-6-21(7-4-18)30-24-9-12-28-25(31-24)19-5-8-23(20(15-19)16-27)34-22-10-13-33-14-11-22;1-25(2,30)19-4-3-5-20(15-19)28-23-8-11-27-24(29-23)17-6-7-22(18(14-17)16-26)32-21-9-12-31-13-10-21;25-24(26,27)22(32)15-2-1-3-18(13-15)30-21-6-9-29-23(31-21)16-4-5-20(17(12-16)14-28)34-19-7-10-33-11-8-19/h1-7,10,17,23H,8-9,11-16H2,(H,28,29,30);3-9,12,15,17,22H,10-11,13-14H2,1-2H3,(H,29,32)(H,28,30,31);3-8,11,14-15,21,30H,9-10,12-13H2,1-2H3,(H,27,28,29);1-6,9,12-13,19,22,32H,7-8,10-11H2,(H,29,30,31). The molecule has 0 bridgehead atoms. The van der Waals surface area contributed by atoms with Gasteiger partial charge in [0.1, 0.15) is 95.0 Å². The van der Waals surface area contributed by atoms with Gasteiger partial charge in [-0.2, -0.15) is 34.2 Å². The summed E-state index contributed by atoms with van der Waals surface area (Å²) < 4.78 is 89.5. The predicted octanol–water partition coefficient (Wildman–Crippen LogP) is 18.1. The van der Waals surface area contributed by atoms with Gasteiger partial charge in [0.2, 0.25) is 0 Å². The monoisotopic (exact) mass is 1810 g/mol. The summed E-state index contributed by atoms with van der Waals surface area (Å²) in [6.45, 7) is 16.0. The first-order valence-corrected chi connectivity index (χ1v) is 44.1. The number of benzene rings is 8. The van der Waals surface area contributed by atoms with Gasteiger partial charge in [0.05, 0.1) is 93.9 Å². The number of carbonyl (C=O) groups is 1. The third-order valence-electron chi connectivity index (χ3n) is 21.9. The molecule has 0 spiro atoms. The van der Waals surface area contributed by atoms with Crippen LogP contribution in [-0.4, -0.2) is 172 Å². The number of carbonyl (C=O) groups excluding carboxylic acids is 1. The number of aliphatic hydroxyl groups excluding tert-OH is 1. The van der Waals surface area contributed by atoms with Crippen molar-refractivity contribution in [1.82, 2.24) is 45.2 Å². The molecule has 5 fully saturated rings. The van der Waals surface area contributed by atoms with Gasteiger partial charge in [0.15, 0.2) is 29.4 Å². The number of aromatic nitrogens is 8. The third kappa shape index (κ3) is 27.2. The van der Waals surface area contributed by atoms with Crippen LogP contribution in [0.1, 0.15) is 129 Å². The van der Waals surface area contributed by atoms with Gasteiger partial charge in [-0.1, -0.05) is 24.3 Å². The minimum Gasteiger partial charge on any atom is -0.489 e. The SMILES string of the molecule is CC(C)(O)c1cccc(Nc2ccnc(-c3ccc(OC4CCOCC4)c(C#N)c3)n2)c1.CC(C)NC(=O)c1ccc(Nc2ccnc(-c3ccc(OC4CCOCC4)c(C#N)c3)n2)cc1.N#Cc1cc(-c2nccc(Nc3ccc(N4CCOCC4)cc3)n2)ccc1OC1CCOCC1.N#Cc1cc(-c2nccc(Nc3cccc(C(O)C(F)(F)F)c3)n2)ccc1OC1CCOCC1. The number of morpholine rings is 1. The Kier molecular flexibility index (Phi) is 33.0. The number of aliphatic hydroxyl groups is 2. The Hall–Kier alpha value is -14.8. The second kappa shape index (κ2) is 46.3. The molecule has 8 aromatic carbocycles. The van der Waals surface area contributed by atoms with Gasteiger partial charge in [-0.3, -0.25) is 4.79 Å². The number of rotatable bonds is 25. The molecule has 0 radical (unpaired) electrons. The highest BCUT2D eigenvalue weighted by Gasteiger charge is 2.39. The van der Waals surface area contributed by atoms with Crippen LogP contribution in [0.15, 0.2) is 219 Å². The molecule has 688 valence electrons. The largest absolute Gasteiger partial charge is 0.489 e. The lowest BCUT2D eigenvalue weighted by Gasteiger charge is -2.28. The molecule has 5 aliphatic rings. The molecular weight excluding hydrogens is 1710 g/mol. The number of hydrogen-bond donors (Lipinski definition) is 7. The minimum absolute atomic E-state index is 0.0119. The van der Waals surface area contributed by atoms with Crippen molar-refractivity contribution in [3.05, 3.63) is 258 Å². The summed E-state index contributed by atoms with van der Waals surface area (Å²) >= 11 is 0. The van der Waals surface area contributed by atoms with Crippen LogP contribution in [0.25, 0.3) is 45.6 Å². The molecule has 5 aliphatic heterocycles. The Balaban J connectivity index is 0.000000143. The molecule has 9 heterocycles. The molecule has 134 heavy (non-hydrogen) atoms. The second-order valence-electron chi connectivity index (χ2n) is 32.6. The van der Waals surface area contributed by atoms with E-state index in [1.807, 2.05) is 92.7 Å². The Morgan fingerprint density at radius 2 is 0.739 bits per heavy atom. The molecule has 30 nitrogen and oxygen atoms in total. The van der Waals surface area contributed by atoms with E-state index in [4.69, 9.17) is 42.6 Å². The summed E-state index contributed by atoms with van der Waals surface area (Å²) in [4.78, 5) is 50.1. The van der Waals surface area contributed by atoms with Crippen molar-refractivity contribution in [2.75, 3.05) is 105 Å². The molecule has 12 aromatic rings. The van der Waals surface area contributed by atoms with Gasteiger partial charge < -0.3 is 84.3 Å². The number of nitriles is 4. The molecule has 7 N–H and O–H groups in total. The number of alkyl halides is 3. The zero-order valence-corrected chi connectivity index (χ0v) is 74.3. The fourth-order valence-corrected chi connectivity index (χ4v) is 14.8. The van der Waals surface area contributed by atoms with Crippen LogP contribution in [0.3, 0.4) is 0 Å².